The molecule has 134 valence electrons. The summed E-state index contributed by atoms with van der Waals surface area (Å²) in [5.41, 5.74) is 2.78. The fourth-order valence-electron chi connectivity index (χ4n) is 3.56. The van der Waals surface area contributed by atoms with Gasteiger partial charge in [0, 0.05) is 32.0 Å². The standard InChI is InChI=1S/C20H28N4O/c1-15(2)18-13-19(23(3)22-18)20(25)24(17-7-5-4-6-8-17)14-16-9-11-21-12-10-16/h9-13,15,17H,4-8,14H2,1-3H3. The Labute approximate surface area is 150 Å². The van der Waals surface area contributed by atoms with E-state index in [-0.39, 0.29) is 5.91 Å². The Morgan fingerprint density at radius 2 is 1.92 bits per heavy atom. The van der Waals surface area contributed by atoms with E-state index < -0.39 is 0 Å². The van der Waals surface area contributed by atoms with Gasteiger partial charge < -0.3 is 4.90 Å². The molecule has 1 aliphatic carbocycles. The van der Waals surface area contributed by atoms with Crippen molar-refractivity contribution in [2.75, 3.05) is 0 Å². The molecule has 0 aromatic carbocycles. The van der Waals surface area contributed by atoms with E-state index in [1.807, 2.05) is 25.2 Å². The number of amides is 1. The summed E-state index contributed by atoms with van der Waals surface area (Å²) < 4.78 is 1.74. The number of hydrogen-bond donors (Lipinski definition) is 0. The van der Waals surface area contributed by atoms with Crippen LogP contribution in [-0.2, 0) is 13.6 Å². The number of hydrogen-bond acceptors (Lipinski definition) is 3. The van der Waals surface area contributed by atoms with E-state index >= 15 is 0 Å². The van der Waals surface area contributed by atoms with E-state index in [0.29, 0.717) is 24.2 Å². The maximum absolute atomic E-state index is 13.4. The second-order valence-corrected chi connectivity index (χ2v) is 7.31. The van der Waals surface area contributed by atoms with E-state index in [1.165, 1.54) is 19.3 Å². The number of carbonyl (C=O) groups is 1. The predicted octanol–water partition coefficient (Wildman–Crippen LogP) is 3.91. The lowest BCUT2D eigenvalue weighted by Crippen LogP contribution is -2.41. The van der Waals surface area contributed by atoms with Gasteiger partial charge in [-0.2, -0.15) is 5.10 Å². The third kappa shape index (κ3) is 4.09. The molecule has 1 saturated carbocycles. The molecule has 0 unspecified atom stereocenters. The van der Waals surface area contributed by atoms with Gasteiger partial charge in [-0.15, -0.1) is 0 Å². The lowest BCUT2D eigenvalue weighted by atomic mass is 9.93. The number of carbonyl (C=O) groups excluding carboxylic acids is 1. The van der Waals surface area contributed by atoms with Gasteiger partial charge in [-0.25, -0.2) is 0 Å². The van der Waals surface area contributed by atoms with Crippen LogP contribution in [0, 0.1) is 0 Å². The fourth-order valence-corrected chi connectivity index (χ4v) is 3.56. The van der Waals surface area contributed by atoms with Crippen molar-refractivity contribution in [1.82, 2.24) is 19.7 Å². The average Bonchev–Trinajstić information content (AvgIpc) is 3.03. The molecule has 0 spiro atoms. The zero-order valence-electron chi connectivity index (χ0n) is 15.5. The Kier molecular flexibility index (Phi) is 5.51. The summed E-state index contributed by atoms with van der Waals surface area (Å²) in [6.45, 7) is 4.84. The Morgan fingerprint density at radius 3 is 2.52 bits per heavy atom. The molecule has 5 heteroatoms. The van der Waals surface area contributed by atoms with E-state index in [4.69, 9.17) is 0 Å². The highest BCUT2D eigenvalue weighted by atomic mass is 16.2. The lowest BCUT2D eigenvalue weighted by Gasteiger charge is -2.34. The predicted molar refractivity (Wildman–Crippen MR) is 98.3 cm³/mol. The van der Waals surface area contributed by atoms with Crippen LogP contribution >= 0.6 is 0 Å². The average molecular weight is 340 g/mol. The van der Waals surface area contributed by atoms with Gasteiger partial charge in [0.25, 0.3) is 5.91 Å². The summed E-state index contributed by atoms with van der Waals surface area (Å²) >= 11 is 0. The smallest absolute Gasteiger partial charge is 0.272 e. The maximum Gasteiger partial charge on any atom is 0.272 e. The number of pyridine rings is 1. The van der Waals surface area contributed by atoms with Crippen LogP contribution in [0.15, 0.2) is 30.6 Å². The number of nitrogens with zero attached hydrogens (tertiary/aromatic N) is 4. The second-order valence-electron chi connectivity index (χ2n) is 7.31. The van der Waals surface area contributed by atoms with Gasteiger partial charge in [-0.3, -0.25) is 14.5 Å². The van der Waals surface area contributed by atoms with Crippen molar-refractivity contribution < 1.29 is 4.79 Å². The third-order valence-corrected chi connectivity index (χ3v) is 5.09. The molecule has 0 atom stereocenters. The van der Waals surface area contributed by atoms with Crippen LogP contribution in [0.4, 0.5) is 0 Å². The minimum atomic E-state index is 0.0885. The van der Waals surface area contributed by atoms with Crippen LogP contribution in [-0.4, -0.2) is 31.6 Å². The van der Waals surface area contributed by atoms with Gasteiger partial charge in [0.05, 0.1) is 5.69 Å². The van der Waals surface area contributed by atoms with Crippen LogP contribution in [0.2, 0.25) is 0 Å². The Hall–Kier alpha value is -2.17. The van der Waals surface area contributed by atoms with E-state index in [0.717, 1.165) is 24.1 Å². The Morgan fingerprint density at radius 1 is 1.24 bits per heavy atom. The summed E-state index contributed by atoms with van der Waals surface area (Å²) in [6, 6.07) is 6.25. The van der Waals surface area contributed by atoms with Crippen LogP contribution in [0.3, 0.4) is 0 Å². The van der Waals surface area contributed by atoms with Crippen LogP contribution in [0.5, 0.6) is 0 Å². The molecule has 1 fully saturated rings. The van der Waals surface area contributed by atoms with Crippen LogP contribution in [0.25, 0.3) is 0 Å². The van der Waals surface area contributed by atoms with Crippen molar-refractivity contribution >= 4 is 5.91 Å². The van der Waals surface area contributed by atoms with Crippen molar-refractivity contribution in [3.05, 3.63) is 47.5 Å². The topological polar surface area (TPSA) is 51.0 Å². The monoisotopic (exact) mass is 340 g/mol. The first-order valence-corrected chi connectivity index (χ1v) is 9.30. The van der Waals surface area contributed by atoms with E-state index in [2.05, 4.69) is 28.8 Å². The highest BCUT2D eigenvalue weighted by molar-refractivity contribution is 5.93. The molecule has 0 N–H and O–H groups in total. The Balaban J connectivity index is 1.88. The summed E-state index contributed by atoms with van der Waals surface area (Å²) in [5, 5.41) is 4.52. The van der Waals surface area contributed by atoms with Crippen molar-refractivity contribution in [2.45, 2.75) is 64.5 Å². The van der Waals surface area contributed by atoms with Gasteiger partial charge in [0.15, 0.2) is 0 Å². The van der Waals surface area contributed by atoms with Crippen LogP contribution in [0.1, 0.15) is 73.6 Å². The van der Waals surface area contributed by atoms with Gasteiger partial charge in [0.1, 0.15) is 5.69 Å². The quantitative estimate of drug-likeness (QED) is 0.829. The summed E-state index contributed by atoms with van der Waals surface area (Å²) in [5.74, 6) is 0.404. The molecule has 2 aromatic heterocycles. The molecule has 0 aliphatic heterocycles. The Bertz CT molecular complexity index is 702. The molecule has 2 heterocycles. The summed E-state index contributed by atoms with van der Waals surface area (Å²) in [4.78, 5) is 19.5. The number of rotatable bonds is 5. The maximum atomic E-state index is 13.4. The van der Waals surface area contributed by atoms with E-state index in [9.17, 15) is 4.79 Å². The second kappa shape index (κ2) is 7.81. The molecule has 2 aromatic rings. The lowest BCUT2D eigenvalue weighted by molar-refractivity contribution is 0.0603. The van der Waals surface area contributed by atoms with Crippen molar-refractivity contribution in [3.63, 3.8) is 0 Å². The van der Waals surface area contributed by atoms with E-state index in [1.54, 1.807) is 17.1 Å². The molecule has 0 bridgehead atoms. The SMILES string of the molecule is CC(C)c1cc(C(=O)N(Cc2ccncc2)C2CCCCC2)n(C)n1. The first-order valence-electron chi connectivity index (χ1n) is 9.30. The number of aromatic nitrogens is 3. The van der Waals surface area contributed by atoms with Crippen LogP contribution < -0.4 is 0 Å². The molecule has 1 aliphatic rings. The fraction of sp³-hybridized carbons (Fsp3) is 0.550. The zero-order valence-corrected chi connectivity index (χ0v) is 15.5. The highest BCUT2D eigenvalue weighted by Gasteiger charge is 2.28. The molecule has 3 rings (SSSR count). The third-order valence-electron chi connectivity index (χ3n) is 5.09. The summed E-state index contributed by atoms with van der Waals surface area (Å²) in [6.07, 6.45) is 9.44. The molecule has 0 saturated heterocycles. The first kappa shape index (κ1) is 17.6. The minimum absolute atomic E-state index is 0.0885. The molecule has 1 amide bonds. The van der Waals surface area contributed by atoms with Crippen molar-refractivity contribution in [3.8, 4) is 0 Å². The first-order chi connectivity index (χ1) is 12.1. The number of aryl methyl sites for hydroxylation is 1. The molecular weight excluding hydrogens is 312 g/mol. The van der Waals surface area contributed by atoms with Gasteiger partial charge in [-0.1, -0.05) is 33.1 Å². The zero-order chi connectivity index (χ0) is 17.8. The molecular formula is C20H28N4O. The molecule has 25 heavy (non-hydrogen) atoms. The molecule has 0 radical (unpaired) electrons. The normalized spacial score (nSPS) is 15.5. The minimum Gasteiger partial charge on any atom is -0.330 e. The highest BCUT2D eigenvalue weighted by Crippen LogP contribution is 2.26. The largest absolute Gasteiger partial charge is 0.330 e. The van der Waals surface area contributed by atoms with Gasteiger partial charge in [0.2, 0.25) is 0 Å². The summed E-state index contributed by atoms with van der Waals surface area (Å²) in [7, 11) is 1.87. The molecule has 5 nitrogen and oxygen atoms in total. The van der Waals surface area contributed by atoms with Gasteiger partial charge in [-0.05, 0) is 42.5 Å². The van der Waals surface area contributed by atoms with Crippen molar-refractivity contribution in [1.29, 1.82) is 0 Å². The van der Waals surface area contributed by atoms with Crippen molar-refractivity contribution in [2.24, 2.45) is 7.05 Å². The van der Waals surface area contributed by atoms with Gasteiger partial charge >= 0.3 is 0 Å².